The van der Waals surface area contributed by atoms with Gasteiger partial charge >= 0.3 is 0 Å². The van der Waals surface area contributed by atoms with E-state index in [1.54, 1.807) is 6.20 Å². The second-order valence-corrected chi connectivity index (χ2v) is 5.17. The van der Waals surface area contributed by atoms with Gasteiger partial charge in [-0.2, -0.15) is 10.1 Å². The van der Waals surface area contributed by atoms with Crippen LogP contribution in [0, 0.1) is 0 Å². The molecule has 1 fully saturated rings. The lowest BCUT2D eigenvalue weighted by atomic mass is 10.0. The topological polar surface area (TPSA) is 53.9 Å². The summed E-state index contributed by atoms with van der Waals surface area (Å²) in [4.78, 5) is 7.00. The first kappa shape index (κ1) is 14.0. The average molecular weight is 263 g/mol. The molecule has 1 atom stereocenters. The smallest absolute Gasteiger partial charge is 0.244 e. The molecule has 1 aromatic heterocycles. The predicted molar refractivity (Wildman–Crippen MR) is 78.5 cm³/mol. The molecule has 0 aliphatic carbocycles. The molecule has 1 saturated heterocycles. The molecule has 1 aromatic rings. The molecule has 1 unspecified atom stereocenters. The Morgan fingerprint density at radius 3 is 3.05 bits per heavy atom. The Hall–Kier alpha value is -1.39. The molecule has 5 heteroatoms. The van der Waals surface area contributed by atoms with Crippen molar-refractivity contribution in [3.63, 3.8) is 0 Å². The van der Waals surface area contributed by atoms with Gasteiger partial charge in [-0.1, -0.05) is 20.3 Å². The Morgan fingerprint density at radius 2 is 2.26 bits per heavy atom. The van der Waals surface area contributed by atoms with Gasteiger partial charge in [0.25, 0.3) is 0 Å². The van der Waals surface area contributed by atoms with E-state index in [0.717, 1.165) is 25.3 Å². The maximum Gasteiger partial charge on any atom is 0.244 e. The van der Waals surface area contributed by atoms with Crippen LogP contribution in [-0.2, 0) is 0 Å². The molecule has 106 valence electrons. The van der Waals surface area contributed by atoms with Crippen LogP contribution in [0.4, 0.5) is 11.8 Å². The lowest BCUT2D eigenvalue weighted by Gasteiger charge is -2.35. The minimum absolute atomic E-state index is 0.606. The summed E-state index contributed by atoms with van der Waals surface area (Å²) in [5.74, 6) is 1.63. The molecule has 5 nitrogen and oxygen atoms in total. The number of nitrogens with zero attached hydrogens (tertiary/aromatic N) is 4. The van der Waals surface area contributed by atoms with Crippen molar-refractivity contribution in [2.24, 2.45) is 0 Å². The van der Waals surface area contributed by atoms with Crippen molar-refractivity contribution < 1.29 is 0 Å². The highest BCUT2D eigenvalue weighted by atomic mass is 15.3. The molecular weight excluding hydrogens is 238 g/mol. The third-order valence-corrected chi connectivity index (χ3v) is 3.75. The highest BCUT2D eigenvalue weighted by Gasteiger charge is 2.22. The second-order valence-electron chi connectivity index (χ2n) is 5.17. The number of hydrogen-bond donors (Lipinski definition) is 1. The van der Waals surface area contributed by atoms with E-state index >= 15 is 0 Å². The molecule has 1 aliphatic rings. The van der Waals surface area contributed by atoms with E-state index in [9.17, 15) is 0 Å². The second kappa shape index (κ2) is 7.26. The van der Waals surface area contributed by atoms with Crippen molar-refractivity contribution in [1.29, 1.82) is 0 Å². The number of nitrogens with one attached hydrogen (secondary N) is 1. The summed E-state index contributed by atoms with van der Waals surface area (Å²) < 4.78 is 0. The Bertz CT molecular complexity index is 382. The first-order chi connectivity index (χ1) is 9.35. The Morgan fingerprint density at radius 1 is 1.37 bits per heavy atom. The lowest BCUT2D eigenvalue weighted by molar-refractivity contribution is 0.446. The minimum atomic E-state index is 0.606. The number of piperidine rings is 1. The van der Waals surface area contributed by atoms with Crippen molar-refractivity contribution in [2.45, 2.75) is 58.4 Å². The largest absolute Gasteiger partial charge is 0.353 e. The molecule has 2 heterocycles. The minimum Gasteiger partial charge on any atom is -0.353 e. The third-order valence-electron chi connectivity index (χ3n) is 3.75. The molecule has 19 heavy (non-hydrogen) atoms. The van der Waals surface area contributed by atoms with Crippen LogP contribution in [0.15, 0.2) is 6.20 Å². The standard InChI is InChI=1S/C14H25N5/c1-3-5-9-15-14-17-13(11-16-18-14)19-10-7-6-8-12(19)4-2/h11-12H,3-10H2,1-2H3,(H,15,17,18). The number of unbranched alkanes of at least 4 members (excludes halogenated alkanes) is 1. The summed E-state index contributed by atoms with van der Waals surface area (Å²) in [5.41, 5.74) is 0. The zero-order valence-corrected chi connectivity index (χ0v) is 12.1. The van der Waals surface area contributed by atoms with Gasteiger partial charge < -0.3 is 10.2 Å². The van der Waals surface area contributed by atoms with Gasteiger partial charge in [0.15, 0.2) is 5.82 Å². The summed E-state index contributed by atoms with van der Waals surface area (Å²) in [5, 5.41) is 11.4. The van der Waals surface area contributed by atoms with Crippen molar-refractivity contribution in [2.75, 3.05) is 23.3 Å². The first-order valence-corrected chi connectivity index (χ1v) is 7.55. The van der Waals surface area contributed by atoms with E-state index in [1.165, 1.54) is 32.1 Å². The van der Waals surface area contributed by atoms with E-state index in [4.69, 9.17) is 0 Å². The zero-order valence-electron chi connectivity index (χ0n) is 12.1. The molecule has 1 N–H and O–H groups in total. The van der Waals surface area contributed by atoms with Gasteiger partial charge in [0, 0.05) is 19.1 Å². The van der Waals surface area contributed by atoms with E-state index in [1.807, 2.05) is 0 Å². The van der Waals surface area contributed by atoms with Gasteiger partial charge in [0.2, 0.25) is 5.95 Å². The van der Waals surface area contributed by atoms with Crippen LogP contribution in [0.1, 0.15) is 52.4 Å². The Labute approximate surface area is 115 Å². The van der Waals surface area contributed by atoms with Gasteiger partial charge in [-0.25, -0.2) is 0 Å². The molecule has 0 spiro atoms. The van der Waals surface area contributed by atoms with Gasteiger partial charge in [-0.15, -0.1) is 5.10 Å². The fourth-order valence-electron chi connectivity index (χ4n) is 2.61. The van der Waals surface area contributed by atoms with Crippen LogP contribution in [0.2, 0.25) is 0 Å². The molecule has 0 amide bonds. The van der Waals surface area contributed by atoms with Gasteiger partial charge in [0.1, 0.15) is 0 Å². The molecule has 1 aliphatic heterocycles. The van der Waals surface area contributed by atoms with E-state index in [-0.39, 0.29) is 0 Å². The Balaban J connectivity index is 2.04. The molecule has 2 rings (SSSR count). The number of rotatable bonds is 6. The van der Waals surface area contributed by atoms with Crippen LogP contribution in [0.5, 0.6) is 0 Å². The summed E-state index contributed by atoms with van der Waals surface area (Å²) in [6.45, 7) is 6.43. The number of anilines is 2. The predicted octanol–water partition coefficient (Wildman–Crippen LogP) is 2.85. The van der Waals surface area contributed by atoms with Crippen molar-refractivity contribution in [3.05, 3.63) is 6.20 Å². The van der Waals surface area contributed by atoms with E-state index in [2.05, 4.69) is 39.2 Å². The molecule has 0 saturated carbocycles. The fourth-order valence-corrected chi connectivity index (χ4v) is 2.61. The zero-order chi connectivity index (χ0) is 13.5. The SMILES string of the molecule is CCCCNc1nncc(N2CCCCC2CC)n1. The third kappa shape index (κ3) is 3.78. The summed E-state index contributed by atoms with van der Waals surface area (Å²) in [6.07, 6.45) is 9.11. The quantitative estimate of drug-likeness (QED) is 0.800. The maximum atomic E-state index is 4.61. The normalized spacial score (nSPS) is 19.5. The monoisotopic (exact) mass is 263 g/mol. The van der Waals surface area contributed by atoms with Crippen LogP contribution < -0.4 is 10.2 Å². The van der Waals surface area contributed by atoms with E-state index in [0.29, 0.717) is 12.0 Å². The number of aromatic nitrogens is 3. The lowest BCUT2D eigenvalue weighted by Crippen LogP contribution is -2.39. The highest BCUT2D eigenvalue weighted by molar-refractivity contribution is 5.41. The molecule has 0 bridgehead atoms. The average Bonchev–Trinajstić information content (AvgIpc) is 2.48. The van der Waals surface area contributed by atoms with Crippen LogP contribution in [-0.4, -0.2) is 34.3 Å². The summed E-state index contributed by atoms with van der Waals surface area (Å²) in [6, 6.07) is 0.606. The van der Waals surface area contributed by atoms with Crippen molar-refractivity contribution in [3.8, 4) is 0 Å². The maximum absolute atomic E-state index is 4.61. The van der Waals surface area contributed by atoms with Gasteiger partial charge in [-0.3, -0.25) is 0 Å². The van der Waals surface area contributed by atoms with Crippen LogP contribution in [0.3, 0.4) is 0 Å². The van der Waals surface area contributed by atoms with Crippen LogP contribution in [0.25, 0.3) is 0 Å². The van der Waals surface area contributed by atoms with Gasteiger partial charge in [0.05, 0.1) is 6.20 Å². The van der Waals surface area contributed by atoms with Crippen molar-refractivity contribution >= 4 is 11.8 Å². The molecule has 0 radical (unpaired) electrons. The highest BCUT2D eigenvalue weighted by Crippen LogP contribution is 2.24. The van der Waals surface area contributed by atoms with Crippen molar-refractivity contribution in [1.82, 2.24) is 15.2 Å². The Kier molecular flexibility index (Phi) is 5.36. The first-order valence-electron chi connectivity index (χ1n) is 7.55. The summed E-state index contributed by atoms with van der Waals surface area (Å²) in [7, 11) is 0. The molecule has 0 aromatic carbocycles. The van der Waals surface area contributed by atoms with Crippen LogP contribution >= 0.6 is 0 Å². The van der Waals surface area contributed by atoms with Gasteiger partial charge in [-0.05, 0) is 32.1 Å². The number of hydrogen-bond acceptors (Lipinski definition) is 5. The fraction of sp³-hybridized carbons (Fsp3) is 0.786. The van der Waals surface area contributed by atoms with E-state index < -0.39 is 0 Å². The molecular formula is C14H25N5. The summed E-state index contributed by atoms with van der Waals surface area (Å²) >= 11 is 0.